The Morgan fingerprint density at radius 1 is 1.57 bits per heavy atom. The molecule has 1 aromatic heterocycles. The van der Waals surface area contributed by atoms with Crippen molar-refractivity contribution in [1.82, 2.24) is 4.72 Å². The van der Waals surface area contributed by atoms with Gasteiger partial charge in [0.2, 0.25) is 10.0 Å². The molecule has 3 N–H and O–H groups in total. The Morgan fingerprint density at radius 3 is 2.71 bits per heavy atom. The molecule has 80 valence electrons. The maximum absolute atomic E-state index is 11.7. The van der Waals surface area contributed by atoms with Gasteiger partial charge in [0.05, 0.1) is 4.90 Å². The lowest BCUT2D eigenvalue weighted by atomic mass is 10.4. The highest BCUT2D eigenvalue weighted by molar-refractivity contribution is 7.89. The monoisotopic (exact) mass is 234 g/mol. The van der Waals surface area contributed by atoms with Crippen LogP contribution in [0.3, 0.4) is 0 Å². The van der Waals surface area contributed by atoms with Crippen LogP contribution in [-0.4, -0.2) is 14.5 Å². The second-order valence-electron chi connectivity index (χ2n) is 3.19. The van der Waals surface area contributed by atoms with E-state index in [4.69, 9.17) is 5.73 Å². The molecular formula is C8H14N2O2S2. The van der Waals surface area contributed by atoms with Gasteiger partial charge < -0.3 is 5.73 Å². The second-order valence-corrected chi connectivity index (χ2v) is 5.87. The van der Waals surface area contributed by atoms with Gasteiger partial charge in [0.1, 0.15) is 0 Å². The molecule has 14 heavy (non-hydrogen) atoms. The van der Waals surface area contributed by atoms with Gasteiger partial charge in [0.25, 0.3) is 0 Å². The van der Waals surface area contributed by atoms with Gasteiger partial charge in [-0.1, -0.05) is 0 Å². The molecule has 0 bridgehead atoms. The third-order valence-corrected chi connectivity index (χ3v) is 4.39. The number of hydrogen-bond donors (Lipinski definition) is 2. The second kappa shape index (κ2) is 4.39. The summed E-state index contributed by atoms with van der Waals surface area (Å²) in [6.45, 7) is 3.82. The first-order chi connectivity index (χ1) is 6.47. The zero-order chi connectivity index (χ0) is 10.8. The van der Waals surface area contributed by atoms with E-state index < -0.39 is 10.0 Å². The van der Waals surface area contributed by atoms with Crippen LogP contribution < -0.4 is 10.5 Å². The van der Waals surface area contributed by atoms with Crippen LogP contribution in [0.25, 0.3) is 0 Å². The molecule has 0 aliphatic rings. The summed E-state index contributed by atoms with van der Waals surface area (Å²) >= 11 is 1.36. The van der Waals surface area contributed by atoms with E-state index in [-0.39, 0.29) is 12.6 Å². The molecule has 0 radical (unpaired) electrons. The largest absolute Gasteiger partial charge is 0.326 e. The molecule has 1 heterocycles. The number of thiophene rings is 1. The van der Waals surface area contributed by atoms with Gasteiger partial charge in [0.15, 0.2) is 0 Å². The molecule has 0 aromatic carbocycles. The molecule has 0 unspecified atom stereocenters. The Bertz CT molecular complexity index is 395. The Kier molecular flexibility index (Phi) is 3.65. The van der Waals surface area contributed by atoms with E-state index >= 15 is 0 Å². The van der Waals surface area contributed by atoms with E-state index in [0.717, 1.165) is 0 Å². The summed E-state index contributed by atoms with van der Waals surface area (Å²) in [4.78, 5) is 0.997. The third kappa shape index (κ3) is 2.54. The molecule has 0 aliphatic carbocycles. The fraction of sp³-hybridized carbons (Fsp3) is 0.500. The number of hydrogen-bond acceptors (Lipinski definition) is 4. The highest BCUT2D eigenvalue weighted by Crippen LogP contribution is 2.21. The van der Waals surface area contributed by atoms with E-state index in [0.29, 0.717) is 9.77 Å². The maximum Gasteiger partial charge on any atom is 0.241 e. The molecule has 0 atom stereocenters. The number of sulfonamides is 1. The molecule has 0 saturated carbocycles. The molecule has 0 saturated heterocycles. The molecule has 0 aliphatic heterocycles. The number of nitrogens with one attached hydrogen (secondary N) is 1. The van der Waals surface area contributed by atoms with Crippen molar-refractivity contribution >= 4 is 21.4 Å². The summed E-state index contributed by atoms with van der Waals surface area (Å²) in [5.74, 6) is 0. The topological polar surface area (TPSA) is 72.2 Å². The smallest absolute Gasteiger partial charge is 0.241 e. The average molecular weight is 234 g/mol. The molecule has 0 amide bonds. The van der Waals surface area contributed by atoms with Gasteiger partial charge in [0, 0.05) is 17.5 Å². The van der Waals surface area contributed by atoms with E-state index in [1.807, 2.05) is 0 Å². The average Bonchev–Trinajstić information content (AvgIpc) is 2.48. The van der Waals surface area contributed by atoms with Crippen LogP contribution >= 0.6 is 11.3 Å². The third-order valence-electron chi connectivity index (χ3n) is 1.57. The van der Waals surface area contributed by atoms with Crippen LogP contribution in [0.15, 0.2) is 16.3 Å². The van der Waals surface area contributed by atoms with Crippen molar-refractivity contribution in [1.29, 1.82) is 0 Å². The molecule has 6 heteroatoms. The summed E-state index contributed by atoms with van der Waals surface area (Å²) in [6, 6.07) is 1.47. The fourth-order valence-corrected chi connectivity index (χ4v) is 3.68. The molecule has 0 fully saturated rings. The van der Waals surface area contributed by atoms with Crippen LogP contribution in [0.5, 0.6) is 0 Å². The van der Waals surface area contributed by atoms with Crippen LogP contribution in [-0.2, 0) is 16.6 Å². The first-order valence-electron chi connectivity index (χ1n) is 4.26. The van der Waals surface area contributed by atoms with Gasteiger partial charge in [-0.3, -0.25) is 0 Å². The van der Waals surface area contributed by atoms with Crippen molar-refractivity contribution in [3.8, 4) is 0 Å². The van der Waals surface area contributed by atoms with Crippen molar-refractivity contribution < 1.29 is 8.42 Å². The Hall–Kier alpha value is -0.430. The number of rotatable bonds is 4. The highest BCUT2D eigenvalue weighted by Gasteiger charge is 2.19. The Balaban J connectivity index is 3.04. The highest BCUT2D eigenvalue weighted by atomic mass is 32.2. The number of nitrogens with two attached hydrogens (primary N) is 1. The normalized spacial score (nSPS) is 12.3. The van der Waals surface area contributed by atoms with Crippen molar-refractivity contribution in [2.45, 2.75) is 31.3 Å². The van der Waals surface area contributed by atoms with Crippen LogP contribution in [0.4, 0.5) is 0 Å². The quantitative estimate of drug-likeness (QED) is 0.812. The summed E-state index contributed by atoms with van der Waals surface area (Å²) in [6.07, 6.45) is 0. The van der Waals surface area contributed by atoms with Gasteiger partial charge >= 0.3 is 0 Å². The molecule has 4 nitrogen and oxygen atoms in total. The van der Waals surface area contributed by atoms with Crippen molar-refractivity contribution in [3.05, 3.63) is 16.3 Å². The standard InChI is InChI=1S/C8H14N2O2S2/c1-6(2)10-14(11,12)8-3-4-13-7(8)5-9/h3-4,6,10H,5,9H2,1-2H3. The Labute approximate surface area is 88.2 Å². The SMILES string of the molecule is CC(C)NS(=O)(=O)c1ccsc1CN. The predicted molar refractivity (Wildman–Crippen MR) is 57.7 cm³/mol. The van der Waals surface area contributed by atoms with Crippen molar-refractivity contribution in [2.75, 3.05) is 0 Å². The minimum absolute atomic E-state index is 0.106. The van der Waals surface area contributed by atoms with Gasteiger partial charge in [-0.15, -0.1) is 11.3 Å². The zero-order valence-corrected chi connectivity index (χ0v) is 9.78. The first kappa shape index (κ1) is 11.6. The minimum atomic E-state index is -3.38. The maximum atomic E-state index is 11.7. The molecule has 1 rings (SSSR count). The molecule has 1 aromatic rings. The van der Waals surface area contributed by atoms with E-state index in [1.165, 1.54) is 11.3 Å². The van der Waals surface area contributed by atoms with Crippen molar-refractivity contribution in [3.63, 3.8) is 0 Å². The van der Waals surface area contributed by atoms with Gasteiger partial charge in [-0.2, -0.15) is 0 Å². The zero-order valence-electron chi connectivity index (χ0n) is 8.15. The lowest BCUT2D eigenvalue weighted by Gasteiger charge is -2.09. The van der Waals surface area contributed by atoms with Gasteiger partial charge in [-0.05, 0) is 25.3 Å². The van der Waals surface area contributed by atoms with Crippen molar-refractivity contribution in [2.24, 2.45) is 5.73 Å². The summed E-state index contributed by atoms with van der Waals surface area (Å²) in [7, 11) is -3.38. The minimum Gasteiger partial charge on any atom is -0.326 e. The van der Waals surface area contributed by atoms with Crippen LogP contribution in [0, 0.1) is 0 Å². The lowest BCUT2D eigenvalue weighted by Crippen LogP contribution is -2.30. The predicted octanol–water partition coefficient (Wildman–Crippen LogP) is 0.894. The van der Waals surface area contributed by atoms with E-state index in [1.54, 1.807) is 25.3 Å². The van der Waals surface area contributed by atoms with E-state index in [2.05, 4.69) is 4.72 Å². The summed E-state index contributed by atoms with van der Waals surface area (Å²) in [5, 5.41) is 1.73. The molecule has 0 spiro atoms. The summed E-state index contributed by atoms with van der Waals surface area (Å²) in [5.41, 5.74) is 5.44. The molecular weight excluding hydrogens is 220 g/mol. The fourth-order valence-electron chi connectivity index (χ4n) is 1.09. The van der Waals surface area contributed by atoms with E-state index in [9.17, 15) is 8.42 Å². The summed E-state index contributed by atoms with van der Waals surface area (Å²) < 4.78 is 26.0. The lowest BCUT2D eigenvalue weighted by molar-refractivity contribution is 0.569. The Morgan fingerprint density at radius 2 is 2.21 bits per heavy atom. The van der Waals surface area contributed by atoms with Gasteiger partial charge in [-0.25, -0.2) is 13.1 Å². The van der Waals surface area contributed by atoms with Crippen LogP contribution in [0.2, 0.25) is 0 Å². The first-order valence-corrected chi connectivity index (χ1v) is 6.62. The van der Waals surface area contributed by atoms with Crippen LogP contribution in [0.1, 0.15) is 18.7 Å².